The molecule has 0 heterocycles. The van der Waals surface area contributed by atoms with Crippen molar-refractivity contribution in [2.45, 2.75) is 25.2 Å². The molecular formula is C26H22O7S3. The van der Waals surface area contributed by atoms with Crippen LogP contribution < -0.4 is 0 Å². The Morgan fingerprint density at radius 3 is 1.42 bits per heavy atom. The van der Waals surface area contributed by atoms with Crippen molar-refractivity contribution in [3.63, 3.8) is 0 Å². The van der Waals surface area contributed by atoms with Crippen molar-refractivity contribution < 1.29 is 29.4 Å². The molecule has 0 fully saturated rings. The molecule has 1 aliphatic rings. The van der Waals surface area contributed by atoms with Gasteiger partial charge in [-0.15, -0.1) is 0 Å². The standard InChI is InChI=1S/C26H22O7S3/c27-34(28,22-10-4-1-5-11-22)24-17-16-21(33-36(31,32)25-14-8-3-9-15-25)20-26(19-18-24)35(29,30)23-12-6-2-7-13-23/h1-20,24,26H/t24-,26+/m1/s1. The van der Waals surface area contributed by atoms with Gasteiger partial charge < -0.3 is 4.18 Å². The summed E-state index contributed by atoms with van der Waals surface area (Å²) in [5, 5.41) is -2.65. The van der Waals surface area contributed by atoms with Crippen LogP contribution in [0.15, 0.2) is 142 Å². The molecule has 0 radical (unpaired) electrons. The summed E-state index contributed by atoms with van der Waals surface area (Å²) in [6, 6.07) is 22.6. The second kappa shape index (κ2) is 10.3. The first kappa shape index (κ1) is 25.6. The Morgan fingerprint density at radius 2 is 0.917 bits per heavy atom. The highest BCUT2D eigenvalue weighted by molar-refractivity contribution is 7.92. The fraction of sp³-hybridized carbons (Fsp3) is 0.0769. The third-order valence-electron chi connectivity index (χ3n) is 5.37. The van der Waals surface area contributed by atoms with Crippen molar-refractivity contribution in [3.8, 4) is 0 Å². The van der Waals surface area contributed by atoms with Gasteiger partial charge in [0.2, 0.25) is 0 Å². The topological polar surface area (TPSA) is 112 Å². The Hall–Kier alpha value is -3.47. The van der Waals surface area contributed by atoms with E-state index >= 15 is 0 Å². The number of rotatable bonds is 7. The third kappa shape index (κ3) is 5.51. The molecule has 0 aromatic heterocycles. The summed E-state index contributed by atoms with van der Waals surface area (Å²) in [6.45, 7) is 0. The van der Waals surface area contributed by atoms with E-state index in [1.807, 2.05) is 0 Å². The number of hydrogen-bond acceptors (Lipinski definition) is 7. The van der Waals surface area contributed by atoms with Crippen LogP contribution >= 0.6 is 0 Å². The maximum atomic E-state index is 13.4. The lowest BCUT2D eigenvalue weighted by molar-refractivity contribution is 0.418. The number of benzene rings is 3. The van der Waals surface area contributed by atoms with E-state index in [-0.39, 0.29) is 20.4 Å². The number of allylic oxidation sites excluding steroid dienone is 1. The van der Waals surface area contributed by atoms with Crippen molar-refractivity contribution in [2.24, 2.45) is 0 Å². The average Bonchev–Trinajstić information content (AvgIpc) is 2.87. The molecule has 0 saturated carbocycles. The van der Waals surface area contributed by atoms with E-state index in [1.165, 1.54) is 72.8 Å². The van der Waals surface area contributed by atoms with Crippen LogP contribution in [0.1, 0.15) is 0 Å². The zero-order valence-electron chi connectivity index (χ0n) is 18.8. The summed E-state index contributed by atoms with van der Waals surface area (Å²) in [5.41, 5.74) is 0. The molecule has 186 valence electrons. The molecule has 0 N–H and O–H groups in total. The predicted octanol–water partition coefficient (Wildman–Crippen LogP) is 4.09. The molecule has 0 bridgehead atoms. The van der Waals surface area contributed by atoms with Crippen LogP contribution in [0.2, 0.25) is 0 Å². The summed E-state index contributed by atoms with van der Waals surface area (Å²) in [5.74, 6) is -0.319. The quantitative estimate of drug-likeness (QED) is 0.327. The molecule has 1 aliphatic carbocycles. The highest BCUT2D eigenvalue weighted by Gasteiger charge is 2.30. The highest BCUT2D eigenvalue weighted by Crippen LogP contribution is 2.26. The van der Waals surface area contributed by atoms with Crippen molar-refractivity contribution in [3.05, 3.63) is 127 Å². The van der Waals surface area contributed by atoms with Gasteiger partial charge in [0, 0.05) is 0 Å². The molecule has 36 heavy (non-hydrogen) atoms. The minimum Gasteiger partial charge on any atom is -0.379 e. The van der Waals surface area contributed by atoms with Crippen LogP contribution in [0.3, 0.4) is 0 Å². The Bertz CT molecular complexity index is 1620. The lowest BCUT2D eigenvalue weighted by Crippen LogP contribution is -2.23. The smallest absolute Gasteiger partial charge is 0.339 e. The van der Waals surface area contributed by atoms with Gasteiger partial charge in [0.15, 0.2) is 19.7 Å². The molecular weight excluding hydrogens is 520 g/mol. The lowest BCUT2D eigenvalue weighted by atomic mass is 10.2. The van der Waals surface area contributed by atoms with Crippen LogP contribution in [-0.4, -0.2) is 35.8 Å². The van der Waals surface area contributed by atoms with Crippen LogP contribution in [0, 0.1) is 0 Å². The molecule has 10 heteroatoms. The first-order valence-corrected chi connectivity index (χ1v) is 15.3. The van der Waals surface area contributed by atoms with E-state index in [0.717, 1.165) is 6.08 Å². The van der Waals surface area contributed by atoms with E-state index < -0.39 is 40.3 Å². The monoisotopic (exact) mass is 542 g/mol. The molecule has 7 nitrogen and oxygen atoms in total. The molecule has 0 saturated heterocycles. The molecule has 0 amide bonds. The summed E-state index contributed by atoms with van der Waals surface area (Å²) in [7, 11) is -12.3. The second-order valence-corrected chi connectivity index (χ2v) is 13.6. The first-order chi connectivity index (χ1) is 17.1. The first-order valence-electron chi connectivity index (χ1n) is 10.8. The Kier molecular flexibility index (Phi) is 7.30. The summed E-state index contributed by atoms with van der Waals surface area (Å²) in [6.07, 6.45) is 6.08. The largest absolute Gasteiger partial charge is 0.379 e. The van der Waals surface area contributed by atoms with Gasteiger partial charge in [0.1, 0.15) is 21.2 Å². The Morgan fingerprint density at radius 1 is 0.500 bits per heavy atom. The van der Waals surface area contributed by atoms with E-state index in [1.54, 1.807) is 42.5 Å². The normalized spacial score (nSPS) is 18.6. The highest BCUT2D eigenvalue weighted by atomic mass is 32.2. The number of hydrogen-bond donors (Lipinski definition) is 0. The third-order valence-corrected chi connectivity index (χ3v) is 10.5. The Labute approximate surface area is 211 Å². The fourth-order valence-electron chi connectivity index (χ4n) is 3.50. The van der Waals surface area contributed by atoms with E-state index in [4.69, 9.17) is 4.18 Å². The predicted molar refractivity (Wildman–Crippen MR) is 136 cm³/mol. The molecule has 0 unspecified atom stereocenters. The van der Waals surface area contributed by atoms with Crippen LogP contribution in [0.25, 0.3) is 0 Å². The molecule has 0 aliphatic heterocycles. The van der Waals surface area contributed by atoms with E-state index in [9.17, 15) is 25.3 Å². The van der Waals surface area contributed by atoms with Crippen LogP contribution in [-0.2, 0) is 34.0 Å². The lowest BCUT2D eigenvalue weighted by Gasteiger charge is -2.17. The van der Waals surface area contributed by atoms with Gasteiger partial charge in [-0.2, -0.15) is 8.42 Å². The van der Waals surface area contributed by atoms with Gasteiger partial charge in [0.25, 0.3) is 0 Å². The fourth-order valence-corrected chi connectivity index (χ4v) is 7.34. The molecule has 3 aromatic carbocycles. The summed E-state index contributed by atoms with van der Waals surface area (Å²) in [4.78, 5) is -0.100. The SMILES string of the molecule is O=S(=O)(OC1=C[C@@H](S(=O)(=O)c2ccccc2)C=C[C@H](S(=O)(=O)c2ccccc2)C=C1)c1ccccc1. The Balaban J connectivity index is 1.81. The summed E-state index contributed by atoms with van der Waals surface area (Å²) >= 11 is 0. The maximum absolute atomic E-state index is 13.4. The zero-order valence-corrected chi connectivity index (χ0v) is 21.2. The van der Waals surface area contributed by atoms with Gasteiger partial charge in [-0.25, -0.2) is 16.8 Å². The van der Waals surface area contributed by atoms with Crippen molar-refractivity contribution >= 4 is 29.8 Å². The zero-order chi connectivity index (χ0) is 25.8. The van der Waals surface area contributed by atoms with Gasteiger partial charge in [-0.3, -0.25) is 0 Å². The van der Waals surface area contributed by atoms with E-state index in [2.05, 4.69) is 0 Å². The van der Waals surface area contributed by atoms with Crippen LogP contribution in [0.5, 0.6) is 0 Å². The van der Waals surface area contributed by atoms with Crippen LogP contribution in [0.4, 0.5) is 0 Å². The van der Waals surface area contributed by atoms with E-state index in [0.29, 0.717) is 0 Å². The van der Waals surface area contributed by atoms with Gasteiger partial charge >= 0.3 is 10.1 Å². The van der Waals surface area contributed by atoms with Gasteiger partial charge in [-0.1, -0.05) is 72.8 Å². The second-order valence-electron chi connectivity index (χ2n) is 7.81. The average molecular weight is 543 g/mol. The molecule has 4 rings (SSSR count). The van der Waals surface area contributed by atoms with Crippen molar-refractivity contribution in [1.29, 1.82) is 0 Å². The number of sulfone groups is 2. The maximum Gasteiger partial charge on any atom is 0.339 e. The van der Waals surface area contributed by atoms with Gasteiger partial charge in [-0.05, 0) is 48.6 Å². The van der Waals surface area contributed by atoms with Crippen molar-refractivity contribution in [2.75, 3.05) is 0 Å². The van der Waals surface area contributed by atoms with Gasteiger partial charge in [0.05, 0.1) is 9.79 Å². The molecule has 3 aromatic rings. The summed E-state index contributed by atoms with van der Waals surface area (Å²) < 4.78 is 84.3. The van der Waals surface area contributed by atoms with Crippen molar-refractivity contribution in [1.82, 2.24) is 0 Å². The molecule has 0 spiro atoms. The molecule has 2 atom stereocenters. The minimum absolute atomic E-state index is 0.00631. The minimum atomic E-state index is -4.31.